The van der Waals surface area contributed by atoms with Gasteiger partial charge in [-0.15, -0.1) is 0 Å². The minimum Gasteiger partial charge on any atom is -0.273 e. The van der Waals surface area contributed by atoms with Crippen LogP contribution in [0.4, 0.5) is 0 Å². The summed E-state index contributed by atoms with van der Waals surface area (Å²) in [5, 5.41) is 4.17. The van der Waals surface area contributed by atoms with Crippen molar-refractivity contribution in [2.75, 3.05) is 0 Å². The highest BCUT2D eigenvalue weighted by atomic mass is 79.9. The average Bonchev–Trinajstić information content (AvgIpc) is 2.55. The summed E-state index contributed by atoms with van der Waals surface area (Å²) in [6.07, 6.45) is 1.33. The zero-order valence-electron chi connectivity index (χ0n) is 12.8. The fourth-order valence-electron chi connectivity index (χ4n) is 2.02. The Kier molecular flexibility index (Phi) is 5.90. The molecule has 0 radical (unpaired) electrons. The van der Waals surface area contributed by atoms with Crippen LogP contribution in [0.1, 0.15) is 30.5 Å². The van der Waals surface area contributed by atoms with Gasteiger partial charge in [-0.25, -0.2) is 5.43 Å². The number of halogens is 1. The zero-order valence-corrected chi connectivity index (χ0v) is 14.4. The van der Waals surface area contributed by atoms with Crippen molar-refractivity contribution in [1.29, 1.82) is 0 Å². The second-order valence-electron chi connectivity index (χ2n) is 5.09. The van der Waals surface area contributed by atoms with Crippen LogP contribution in [0.3, 0.4) is 0 Å². The summed E-state index contributed by atoms with van der Waals surface area (Å²) in [5.74, 6) is -0.119. The van der Waals surface area contributed by atoms with E-state index in [1.54, 1.807) is 0 Å². The van der Waals surface area contributed by atoms with Crippen molar-refractivity contribution in [3.8, 4) is 0 Å². The van der Waals surface area contributed by atoms with Crippen LogP contribution in [0, 0.1) is 0 Å². The predicted octanol–water partition coefficient (Wildman–Crippen LogP) is 4.09. The molecule has 0 fully saturated rings. The molecule has 0 aliphatic rings. The van der Waals surface area contributed by atoms with Gasteiger partial charge in [0, 0.05) is 4.47 Å². The smallest absolute Gasteiger partial charge is 0.244 e. The molecule has 2 aromatic rings. The lowest BCUT2D eigenvalue weighted by atomic mass is 10.1. The minimum atomic E-state index is -0.119. The summed E-state index contributed by atoms with van der Waals surface area (Å²) < 4.78 is 1.00. The molecule has 0 aliphatic heterocycles. The number of aryl methyl sites for hydroxylation is 1. The summed E-state index contributed by atoms with van der Waals surface area (Å²) >= 11 is 3.38. The Bertz CT molecular complexity index is 660. The van der Waals surface area contributed by atoms with E-state index in [1.807, 2.05) is 43.3 Å². The van der Waals surface area contributed by atoms with Crippen molar-refractivity contribution < 1.29 is 4.79 Å². The van der Waals surface area contributed by atoms with E-state index in [2.05, 4.69) is 45.5 Å². The number of amides is 1. The Morgan fingerprint density at radius 2 is 1.64 bits per heavy atom. The Labute approximate surface area is 139 Å². The van der Waals surface area contributed by atoms with E-state index in [0.29, 0.717) is 6.42 Å². The topological polar surface area (TPSA) is 41.5 Å². The quantitative estimate of drug-likeness (QED) is 0.634. The number of nitrogens with one attached hydrogen (secondary N) is 1. The molecule has 22 heavy (non-hydrogen) atoms. The van der Waals surface area contributed by atoms with Crippen molar-refractivity contribution in [2.24, 2.45) is 5.10 Å². The van der Waals surface area contributed by atoms with Crippen molar-refractivity contribution in [3.05, 3.63) is 69.7 Å². The maximum absolute atomic E-state index is 11.9. The summed E-state index contributed by atoms with van der Waals surface area (Å²) in [4.78, 5) is 11.9. The highest BCUT2D eigenvalue weighted by molar-refractivity contribution is 9.10. The lowest BCUT2D eigenvalue weighted by Gasteiger charge is -2.04. The molecule has 114 valence electrons. The van der Waals surface area contributed by atoms with Gasteiger partial charge in [0.25, 0.3) is 0 Å². The maximum Gasteiger partial charge on any atom is 0.244 e. The fraction of sp³-hybridized carbons (Fsp3) is 0.222. The summed E-state index contributed by atoms with van der Waals surface area (Å²) in [6, 6.07) is 15.9. The maximum atomic E-state index is 11.9. The first-order valence-corrected chi connectivity index (χ1v) is 8.04. The van der Waals surface area contributed by atoms with Gasteiger partial charge in [0.15, 0.2) is 0 Å². The lowest BCUT2D eigenvalue weighted by molar-refractivity contribution is -0.120. The Morgan fingerprint density at radius 1 is 1.05 bits per heavy atom. The number of carbonyl (C=O) groups excluding carboxylic acids is 1. The second kappa shape index (κ2) is 7.90. The standard InChI is InChI=1S/C18H19BrN2O/c1-3-14-4-8-16(9-5-14)13(2)20-21-18(22)12-15-6-10-17(19)11-7-15/h4-11H,3,12H2,1-2H3,(H,21,22)/b20-13+. The van der Waals surface area contributed by atoms with Crippen molar-refractivity contribution in [1.82, 2.24) is 5.43 Å². The summed E-state index contributed by atoms with van der Waals surface area (Å²) in [5.41, 5.74) is 6.67. The molecule has 3 nitrogen and oxygen atoms in total. The van der Waals surface area contributed by atoms with Crippen LogP contribution >= 0.6 is 15.9 Å². The molecule has 0 spiro atoms. The molecular weight excluding hydrogens is 340 g/mol. The van der Waals surface area contributed by atoms with Crippen LogP contribution in [0.2, 0.25) is 0 Å². The van der Waals surface area contributed by atoms with Gasteiger partial charge in [0.1, 0.15) is 0 Å². The van der Waals surface area contributed by atoms with Gasteiger partial charge in [0.05, 0.1) is 12.1 Å². The SMILES string of the molecule is CCc1ccc(/C(C)=N/NC(=O)Cc2ccc(Br)cc2)cc1. The first-order valence-electron chi connectivity index (χ1n) is 7.25. The molecule has 0 heterocycles. The van der Waals surface area contributed by atoms with Crippen LogP contribution < -0.4 is 5.43 Å². The zero-order chi connectivity index (χ0) is 15.9. The Balaban J connectivity index is 1.94. The van der Waals surface area contributed by atoms with E-state index in [4.69, 9.17) is 0 Å². The van der Waals surface area contributed by atoms with Crippen LogP contribution in [0.25, 0.3) is 0 Å². The first-order chi connectivity index (χ1) is 10.6. The molecule has 1 N–H and O–H groups in total. The lowest BCUT2D eigenvalue weighted by Crippen LogP contribution is -2.21. The summed E-state index contributed by atoms with van der Waals surface area (Å²) in [7, 11) is 0. The van der Waals surface area contributed by atoms with Crippen LogP contribution in [-0.4, -0.2) is 11.6 Å². The van der Waals surface area contributed by atoms with E-state index in [9.17, 15) is 4.79 Å². The normalized spacial score (nSPS) is 11.3. The first kappa shape index (κ1) is 16.4. The molecule has 0 aromatic heterocycles. The third-order valence-corrected chi connectivity index (χ3v) is 3.93. The van der Waals surface area contributed by atoms with Gasteiger partial charge in [0.2, 0.25) is 5.91 Å². The third kappa shape index (κ3) is 4.81. The molecule has 4 heteroatoms. The van der Waals surface area contributed by atoms with E-state index in [-0.39, 0.29) is 5.91 Å². The van der Waals surface area contributed by atoms with E-state index in [1.165, 1.54) is 5.56 Å². The Hall–Kier alpha value is -1.94. The third-order valence-electron chi connectivity index (χ3n) is 3.41. The average molecular weight is 359 g/mol. The van der Waals surface area contributed by atoms with E-state index in [0.717, 1.165) is 27.7 Å². The monoisotopic (exact) mass is 358 g/mol. The van der Waals surface area contributed by atoms with E-state index < -0.39 is 0 Å². The van der Waals surface area contributed by atoms with Crippen LogP contribution in [0.5, 0.6) is 0 Å². The molecule has 2 aromatic carbocycles. The predicted molar refractivity (Wildman–Crippen MR) is 94.0 cm³/mol. The van der Waals surface area contributed by atoms with Crippen LogP contribution in [-0.2, 0) is 17.6 Å². The Morgan fingerprint density at radius 3 is 2.23 bits per heavy atom. The largest absolute Gasteiger partial charge is 0.273 e. The van der Waals surface area contributed by atoms with Crippen molar-refractivity contribution >= 4 is 27.5 Å². The molecule has 0 saturated carbocycles. The molecular formula is C18H19BrN2O. The van der Waals surface area contributed by atoms with Gasteiger partial charge in [-0.1, -0.05) is 59.3 Å². The number of benzene rings is 2. The summed E-state index contributed by atoms with van der Waals surface area (Å²) in [6.45, 7) is 4.01. The number of hydrazone groups is 1. The molecule has 0 saturated heterocycles. The molecule has 0 atom stereocenters. The van der Waals surface area contributed by atoms with Crippen molar-refractivity contribution in [2.45, 2.75) is 26.7 Å². The highest BCUT2D eigenvalue weighted by Crippen LogP contribution is 2.11. The second-order valence-corrected chi connectivity index (χ2v) is 6.00. The number of hydrogen-bond acceptors (Lipinski definition) is 2. The van der Waals surface area contributed by atoms with Gasteiger partial charge < -0.3 is 0 Å². The number of rotatable bonds is 5. The van der Waals surface area contributed by atoms with Gasteiger partial charge in [-0.2, -0.15) is 5.10 Å². The van der Waals surface area contributed by atoms with E-state index >= 15 is 0 Å². The molecule has 2 rings (SSSR count). The van der Waals surface area contributed by atoms with Gasteiger partial charge >= 0.3 is 0 Å². The van der Waals surface area contributed by atoms with Gasteiger partial charge in [-0.05, 0) is 42.2 Å². The number of carbonyl (C=O) groups is 1. The van der Waals surface area contributed by atoms with Gasteiger partial charge in [-0.3, -0.25) is 4.79 Å². The number of nitrogens with zero attached hydrogens (tertiary/aromatic N) is 1. The number of hydrogen-bond donors (Lipinski definition) is 1. The van der Waals surface area contributed by atoms with Crippen LogP contribution in [0.15, 0.2) is 58.1 Å². The van der Waals surface area contributed by atoms with Crippen molar-refractivity contribution in [3.63, 3.8) is 0 Å². The minimum absolute atomic E-state index is 0.119. The highest BCUT2D eigenvalue weighted by Gasteiger charge is 2.03. The molecule has 0 aliphatic carbocycles. The molecule has 0 unspecified atom stereocenters. The fourth-order valence-corrected chi connectivity index (χ4v) is 2.28. The molecule has 1 amide bonds. The molecule has 0 bridgehead atoms.